The summed E-state index contributed by atoms with van der Waals surface area (Å²) in [4.78, 5) is 13.7. The quantitative estimate of drug-likeness (QED) is 0.813. The zero-order chi connectivity index (χ0) is 14.2. The fraction of sp³-hybridized carbons (Fsp3) is 0.562. The molecule has 0 saturated carbocycles. The highest BCUT2D eigenvalue weighted by Gasteiger charge is 2.19. The van der Waals surface area contributed by atoms with E-state index in [0.717, 1.165) is 38.9 Å². The Morgan fingerprint density at radius 3 is 2.52 bits per heavy atom. The number of piperidine rings is 1. The SMILES string of the molecule is Cl.O=C(CCl)NC1CCN(CCCc2ccccc2)CC1. The van der Waals surface area contributed by atoms with Gasteiger partial charge in [-0.1, -0.05) is 30.3 Å². The minimum absolute atomic E-state index is 0. The molecule has 0 aromatic heterocycles. The maximum atomic E-state index is 11.2. The van der Waals surface area contributed by atoms with Gasteiger partial charge >= 0.3 is 0 Å². The first-order chi connectivity index (χ1) is 9.78. The molecule has 0 radical (unpaired) electrons. The van der Waals surface area contributed by atoms with Gasteiger partial charge in [-0.15, -0.1) is 24.0 Å². The molecule has 3 nitrogen and oxygen atoms in total. The van der Waals surface area contributed by atoms with E-state index in [9.17, 15) is 4.79 Å². The minimum Gasteiger partial charge on any atom is -0.352 e. The molecule has 1 amide bonds. The number of carbonyl (C=O) groups is 1. The van der Waals surface area contributed by atoms with Crippen LogP contribution in [0.1, 0.15) is 24.8 Å². The number of rotatable bonds is 6. The molecular weight excluding hydrogens is 307 g/mol. The average Bonchev–Trinajstić information content (AvgIpc) is 2.50. The van der Waals surface area contributed by atoms with E-state index in [1.807, 2.05) is 0 Å². The molecule has 0 spiro atoms. The zero-order valence-electron chi connectivity index (χ0n) is 12.3. The van der Waals surface area contributed by atoms with Crippen LogP contribution in [0.4, 0.5) is 0 Å². The van der Waals surface area contributed by atoms with Gasteiger partial charge in [0.05, 0.1) is 0 Å². The predicted molar refractivity (Wildman–Crippen MR) is 90.3 cm³/mol. The largest absolute Gasteiger partial charge is 0.352 e. The summed E-state index contributed by atoms with van der Waals surface area (Å²) in [7, 11) is 0. The highest BCUT2D eigenvalue weighted by atomic mass is 35.5. The van der Waals surface area contributed by atoms with Gasteiger partial charge in [0, 0.05) is 19.1 Å². The number of halogens is 2. The van der Waals surface area contributed by atoms with Gasteiger partial charge in [0.15, 0.2) is 0 Å². The molecule has 1 aromatic rings. The van der Waals surface area contributed by atoms with Crippen molar-refractivity contribution in [3.8, 4) is 0 Å². The number of alkyl halides is 1. The van der Waals surface area contributed by atoms with E-state index in [1.54, 1.807) is 0 Å². The molecule has 0 unspecified atom stereocenters. The summed E-state index contributed by atoms with van der Waals surface area (Å²) in [6, 6.07) is 10.9. The van der Waals surface area contributed by atoms with E-state index in [-0.39, 0.29) is 24.2 Å². The van der Waals surface area contributed by atoms with Crippen LogP contribution in [0.5, 0.6) is 0 Å². The van der Waals surface area contributed by atoms with Crippen molar-refractivity contribution in [2.75, 3.05) is 25.5 Å². The Hall–Kier alpha value is -0.770. The molecule has 1 aliphatic heterocycles. The van der Waals surface area contributed by atoms with Crippen molar-refractivity contribution < 1.29 is 4.79 Å². The molecule has 0 bridgehead atoms. The van der Waals surface area contributed by atoms with Crippen molar-refractivity contribution in [2.24, 2.45) is 0 Å². The molecule has 0 atom stereocenters. The summed E-state index contributed by atoms with van der Waals surface area (Å²) >= 11 is 5.50. The molecule has 2 rings (SSSR count). The summed E-state index contributed by atoms with van der Waals surface area (Å²) in [5.41, 5.74) is 1.41. The van der Waals surface area contributed by atoms with Gasteiger partial charge in [-0.3, -0.25) is 4.79 Å². The van der Waals surface area contributed by atoms with E-state index in [2.05, 4.69) is 40.5 Å². The molecule has 5 heteroatoms. The lowest BCUT2D eigenvalue weighted by Gasteiger charge is -2.32. The molecule has 1 aliphatic rings. The standard InChI is InChI=1S/C16H23ClN2O.ClH/c17-13-16(20)18-15-8-11-19(12-9-15)10-4-7-14-5-2-1-3-6-14;/h1-3,5-6,15H,4,7-13H2,(H,18,20);1H. The molecule has 118 valence electrons. The third-order valence-corrected chi connectivity index (χ3v) is 4.10. The molecule has 1 aromatic carbocycles. The molecule has 21 heavy (non-hydrogen) atoms. The highest BCUT2D eigenvalue weighted by Crippen LogP contribution is 2.12. The lowest BCUT2D eigenvalue weighted by atomic mass is 10.0. The second-order valence-electron chi connectivity index (χ2n) is 5.41. The van der Waals surface area contributed by atoms with E-state index in [4.69, 9.17) is 11.6 Å². The molecule has 1 heterocycles. The molecule has 1 saturated heterocycles. The summed E-state index contributed by atoms with van der Waals surface area (Å²) in [6.45, 7) is 3.29. The maximum Gasteiger partial charge on any atom is 0.235 e. The number of likely N-dealkylation sites (tertiary alicyclic amines) is 1. The Morgan fingerprint density at radius 2 is 1.90 bits per heavy atom. The fourth-order valence-electron chi connectivity index (χ4n) is 2.72. The summed E-state index contributed by atoms with van der Waals surface area (Å²) < 4.78 is 0. The fourth-order valence-corrected chi connectivity index (χ4v) is 2.80. The Labute approximate surface area is 138 Å². The van der Waals surface area contributed by atoms with E-state index < -0.39 is 0 Å². The van der Waals surface area contributed by atoms with Crippen molar-refractivity contribution in [3.63, 3.8) is 0 Å². The average molecular weight is 331 g/mol. The summed E-state index contributed by atoms with van der Waals surface area (Å²) in [5, 5.41) is 2.97. The van der Waals surface area contributed by atoms with Crippen molar-refractivity contribution >= 4 is 29.9 Å². The van der Waals surface area contributed by atoms with Crippen molar-refractivity contribution in [3.05, 3.63) is 35.9 Å². The number of hydrogen-bond donors (Lipinski definition) is 1. The lowest BCUT2D eigenvalue weighted by molar-refractivity contribution is -0.119. The zero-order valence-corrected chi connectivity index (χ0v) is 13.8. The number of benzene rings is 1. The van der Waals surface area contributed by atoms with Gasteiger partial charge in [-0.05, 0) is 37.8 Å². The van der Waals surface area contributed by atoms with Crippen molar-refractivity contribution in [1.29, 1.82) is 0 Å². The van der Waals surface area contributed by atoms with Gasteiger partial charge in [-0.2, -0.15) is 0 Å². The number of hydrogen-bond acceptors (Lipinski definition) is 2. The van der Waals surface area contributed by atoms with Gasteiger partial charge in [0.2, 0.25) is 5.91 Å². The second kappa shape index (κ2) is 10.0. The Bertz CT molecular complexity index is 406. The first-order valence-corrected chi connectivity index (χ1v) is 7.93. The Morgan fingerprint density at radius 1 is 1.24 bits per heavy atom. The van der Waals surface area contributed by atoms with Crippen LogP contribution in [0.25, 0.3) is 0 Å². The first-order valence-electron chi connectivity index (χ1n) is 7.39. The van der Waals surface area contributed by atoms with Crippen molar-refractivity contribution in [1.82, 2.24) is 10.2 Å². The minimum atomic E-state index is -0.0470. The first kappa shape index (κ1) is 18.3. The van der Waals surface area contributed by atoms with Crippen LogP contribution in [-0.4, -0.2) is 42.4 Å². The van der Waals surface area contributed by atoms with Crippen LogP contribution in [0, 0.1) is 0 Å². The molecule has 0 aliphatic carbocycles. The number of nitrogens with one attached hydrogen (secondary N) is 1. The molecule has 1 N–H and O–H groups in total. The van der Waals surface area contributed by atoms with Gasteiger partial charge in [0.25, 0.3) is 0 Å². The van der Waals surface area contributed by atoms with Gasteiger partial charge in [0.1, 0.15) is 5.88 Å². The number of nitrogens with zero attached hydrogens (tertiary/aromatic N) is 1. The normalized spacial score (nSPS) is 16.2. The van der Waals surface area contributed by atoms with Gasteiger partial charge in [-0.25, -0.2) is 0 Å². The predicted octanol–water partition coefficient (Wildman–Crippen LogP) is 2.86. The highest BCUT2D eigenvalue weighted by molar-refractivity contribution is 6.27. The monoisotopic (exact) mass is 330 g/mol. The number of carbonyl (C=O) groups excluding carboxylic acids is 1. The van der Waals surface area contributed by atoms with Crippen LogP contribution < -0.4 is 5.32 Å². The van der Waals surface area contributed by atoms with E-state index in [1.165, 1.54) is 12.0 Å². The number of aryl methyl sites for hydroxylation is 1. The lowest BCUT2D eigenvalue weighted by Crippen LogP contribution is -2.45. The topological polar surface area (TPSA) is 32.3 Å². The van der Waals surface area contributed by atoms with Crippen LogP contribution in [0.15, 0.2) is 30.3 Å². The van der Waals surface area contributed by atoms with Gasteiger partial charge < -0.3 is 10.2 Å². The van der Waals surface area contributed by atoms with Crippen molar-refractivity contribution in [2.45, 2.75) is 31.7 Å². The second-order valence-corrected chi connectivity index (χ2v) is 5.67. The summed E-state index contributed by atoms with van der Waals surface area (Å²) in [5.74, 6) is 0.0197. The van der Waals surface area contributed by atoms with Crippen LogP contribution in [0.3, 0.4) is 0 Å². The van der Waals surface area contributed by atoms with E-state index in [0.29, 0.717) is 6.04 Å². The van der Waals surface area contributed by atoms with Crippen LogP contribution >= 0.6 is 24.0 Å². The third-order valence-electron chi connectivity index (χ3n) is 3.86. The Kier molecular flexibility index (Phi) is 8.74. The van der Waals surface area contributed by atoms with Crippen LogP contribution in [0.2, 0.25) is 0 Å². The van der Waals surface area contributed by atoms with E-state index >= 15 is 0 Å². The van der Waals surface area contributed by atoms with Crippen LogP contribution in [-0.2, 0) is 11.2 Å². The maximum absolute atomic E-state index is 11.2. The molecular formula is C16H24Cl2N2O. The summed E-state index contributed by atoms with van der Waals surface area (Å²) in [6.07, 6.45) is 4.41. The molecule has 1 fully saturated rings. The smallest absolute Gasteiger partial charge is 0.235 e. The third kappa shape index (κ3) is 6.68. The number of amides is 1. The Balaban J connectivity index is 0.00000220.